The molecule has 0 unspecified atom stereocenters. The Hall–Kier alpha value is -3.82. The maximum atomic E-state index is 6.39. The van der Waals surface area contributed by atoms with E-state index >= 15 is 0 Å². The minimum Gasteiger partial charge on any atom is -0.481 e. The summed E-state index contributed by atoms with van der Waals surface area (Å²) in [4.78, 5) is 0. The first kappa shape index (κ1) is 22.9. The second kappa shape index (κ2) is 9.81. The average molecular weight is 463 g/mol. The van der Waals surface area contributed by atoms with Gasteiger partial charge in [0.15, 0.2) is 0 Å². The van der Waals surface area contributed by atoms with Gasteiger partial charge < -0.3 is 14.2 Å². The summed E-state index contributed by atoms with van der Waals surface area (Å²) in [5, 5.41) is 0. The predicted molar refractivity (Wildman–Crippen MR) is 139 cm³/mol. The Kier molecular flexibility index (Phi) is 6.43. The van der Waals surface area contributed by atoms with Gasteiger partial charge in [-0.05, 0) is 48.9 Å². The van der Waals surface area contributed by atoms with Crippen molar-refractivity contribution in [1.82, 2.24) is 0 Å². The maximum Gasteiger partial charge on any atom is 0.148 e. The van der Waals surface area contributed by atoms with Gasteiger partial charge in [-0.1, -0.05) is 67.5 Å². The molecule has 3 nitrogen and oxygen atoms in total. The van der Waals surface area contributed by atoms with Gasteiger partial charge in [0.1, 0.15) is 36.2 Å². The lowest BCUT2D eigenvalue weighted by molar-refractivity contribution is 0.358. The van der Waals surface area contributed by atoms with E-state index in [9.17, 15) is 0 Å². The highest BCUT2D eigenvalue weighted by atomic mass is 16.5. The normalized spacial score (nSPS) is 16.1. The summed E-state index contributed by atoms with van der Waals surface area (Å²) in [6.07, 6.45) is 17.4. The van der Waals surface area contributed by atoms with Crippen LogP contribution in [0.1, 0.15) is 67.2 Å². The molecule has 3 aromatic rings. The molecular formula is C32H30O3. The molecule has 1 heterocycles. The third-order valence-corrected chi connectivity index (χ3v) is 7.41. The highest BCUT2D eigenvalue weighted by Crippen LogP contribution is 2.53. The van der Waals surface area contributed by atoms with Crippen LogP contribution in [0.5, 0.6) is 23.0 Å². The fraction of sp³-hybridized carbons (Fsp3) is 0.312. The van der Waals surface area contributed by atoms with Crippen LogP contribution in [0.3, 0.4) is 0 Å². The zero-order valence-corrected chi connectivity index (χ0v) is 20.2. The first-order chi connectivity index (χ1) is 17.1. The fourth-order valence-corrected chi connectivity index (χ4v) is 5.53. The van der Waals surface area contributed by atoms with E-state index in [0.29, 0.717) is 17.4 Å². The number of terminal acetylenes is 2. The molecule has 1 aliphatic heterocycles. The van der Waals surface area contributed by atoms with E-state index in [1.165, 1.54) is 43.2 Å². The summed E-state index contributed by atoms with van der Waals surface area (Å²) in [5.41, 5.74) is 4.42. The lowest BCUT2D eigenvalue weighted by atomic mass is 9.69. The molecule has 0 bridgehead atoms. The van der Waals surface area contributed by atoms with E-state index in [1.54, 1.807) is 0 Å². The van der Waals surface area contributed by atoms with Crippen molar-refractivity contribution in [1.29, 1.82) is 0 Å². The molecule has 0 spiro atoms. The van der Waals surface area contributed by atoms with Crippen molar-refractivity contribution in [3.63, 3.8) is 0 Å². The largest absolute Gasteiger partial charge is 0.481 e. The fourth-order valence-electron chi connectivity index (χ4n) is 5.53. The van der Waals surface area contributed by atoms with E-state index in [2.05, 4.69) is 55.2 Å². The summed E-state index contributed by atoms with van der Waals surface area (Å²) < 4.78 is 17.8. The van der Waals surface area contributed by atoms with Gasteiger partial charge in [0, 0.05) is 28.7 Å². The number of fused-ring (bicyclic) bond motifs is 2. The second-order valence-corrected chi connectivity index (χ2v) is 9.49. The van der Waals surface area contributed by atoms with Crippen molar-refractivity contribution >= 4 is 0 Å². The zero-order valence-electron chi connectivity index (χ0n) is 20.2. The monoisotopic (exact) mass is 462 g/mol. The summed E-state index contributed by atoms with van der Waals surface area (Å²) in [6.45, 7) is 2.67. The van der Waals surface area contributed by atoms with Crippen LogP contribution in [0, 0.1) is 24.7 Å². The summed E-state index contributed by atoms with van der Waals surface area (Å²) in [7, 11) is 0. The van der Waals surface area contributed by atoms with Gasteiger partial charge in [-0.25, -0.2) is 0 Å². The Labute approximate surface area is 208 Å². The van der Waals surface area contributed by atoms with E-state index in [4.69, 9.17) is 27.1 Å². The minimum atomic E-state index is -0.413. The Morgan fingerprint density at radius 2 is 1.34 bits per heavy atom. The summed E-state index contributed by atoms with van der Waals surface area (Å²) in [6, 6.07) is 21.1. The Balaban J connectivity index is 1.58. The Bertz CT molecular complexity index is 1220. The molecule has 2 aliphatic rings. The van der Waals surface area contributed by atoms with Crippen LogP contribution in [0.15, 0.2) is 60.7 Å². The molecule has 0 N–H and O–H groups in total. The highest BCUT2D eigenvalue weighted by Gasteiger charge is 2.40. The number of hydrogen-bond donors (Lipinski definition) is 0. The molecule has 0 aromatic heterocycles. The summed E-state index contributed by atoms with van der Waals surface area (Å²) >= 11 is 0. The van der Waals surface area contributed by atoms with Crippen LogP contribution in [0.25, 0.3) is 0 Å². The predicted octanol–water partition coefficient (Wildman–Crippen LogP) is 7.22. The lowest BCUT2D eigenvalue weighted by Crippen LogP contribution is -2.29. The second-order valence-electron chi connectivity index (χ2n) is 9.49. The van der Waals surface area contributed by atoms with Crippen LogP contribution in [-0.4, -0.2) is 13.2 Å². The molecule has 5 rings (SSSR count). The van der Waals surface area contributed by atoms with Crippen LogP contribution in [-0.2, 0) is 5.41 Å². The van der Waals surface area contributed by atoms with Gasteiger partial charge >= 0.3 is 0 Å². The molecule has 1 aliphatic carbocycles. The molecule has 0 atom stereocenters. The van der Waals surface area contributed by atoms with Crippen molar-refractivity contribution < 1.29 is 14.2 Å². The van der Waals surface area contributed by atoms with Crippen LogP contribution in [0.4, 0.5) is 0 Å². The summed E-state index contributed by atoms with van der Waals surface area (Å²) in [5.74, 6) is 8.57. The molecule has 0 saturated heterocycles. The first-order valence-corrected chi connectivity index (χ1v) is 12.3. The van der Waals surface area contributed by atoms with Crippen LogP contribution < -0.4 is 14.2 Å². The number of benzene rings is 3. The van der Waals surface area contributed by atoms with Crippen molar-refractivity contribution in [3.8, 4) is 47.7 Å². The number of rotatable bonds is 6. The molecule has 3 heteroatoms. The third kappa shape index (κ3) is 4.36. The standard InChI is InChI=1S/C32H30O3/c1-4-19-33-26-15-17-28-30(21-26)35-31-22-27(34-20-5-2)16-18-29(31)32(28,3)25-13-11-24(12-14-25)23-9-7-6-8-10-23/h1-2,11-18,21-23H,6-10,19-20H2,3H3. The molecular weight excluding hydrogens is 432 g/mol. The minimum absolute atomic E-state index is 0.208. The van der Waals surface area contributed by atoms with Gasteiger partial charge in [-0.15, -0.1) is 12.8 Å². The lowest BCUT2D eigenvalue weighted by Gasteiger charge is -2.38. The van der Waals surface area contributed by atoms with Gasteiger partial charge in [0.2, 0.25) is 0 Å². The van der Waals surface area contributed by atoms with Crippen molar-refractivity contribution in [2.45, 2.75) is 50.4 Å². The number of hydrogen-bond acceptors (Lipinski definition) is 3. The third-order valence-electron chi connectivity index (χ3n) is 7.41. The Morgan fingerprint density at radius 1 is 0.800 bits per heavy atom. The average Bonchev–Trinajstić information content (AvgIpc) is 2.91. The highest BCUT2D eigenvalue weighted by molar-refractivity contribution is 5.65. The van der Waals surface area contributed by atoms with Crippen molar-refractivity contribution in [2.24, 2.45) is 0 Å². The van der Waals surface area contributed by atoms with Crippen LogP contribution >= 0.6 is 0 Å². The van der Waals surface area contributed by atoms with E-state index in [1.807, 2.05) is 24.3 Å². The van der Waals surface area contributed by atoms with Gasteiger partial charge in [-0.3, -0.25) is 0 Å². The van der Waals surface area contributed by atoms with Gasteiger partial charge in [0.25, 0.3) is 0 Å². The smallest absolute Gasteiger partial charge is 0.148 e. The zero-order chi connectivity index (χ0) is 24.3. The van der Waals surface area contributed by atoms with Crippen molar-refractivity contribution in [3.05, 3.63) is 82.9 Å². The molecule has 3 aromatic carbocycles. The van der Waals surface area contributed by atoms with Crippen molar-refractivity contribution in [2.75, 3.05) is 13.2 Å². The van der Waals surface area contributed by atoms with E-state index in [-0.39, 0.29) is 13.2 Å². The molecule has 0 amide bonds. The molecule has 0 radical (unpaired) electrons. The van der Waals surface area contributed by atoms with Gasteiger partial charge in [0.05, 0.1) is 0 Å². The molecule has 1 saturated carbocycles. The maximum absolute atomic E-state index is 6.39. The molecule has 176 valence electrons. The number of ether oxygens (including phenoxy) is 3. The Morgan fingerprint density at radius 3 is 1.86 bits per heavy atom. The SMILES string of the molecule is C#CCOc1ccc2c(c1)Oc1cc(OCC#C)ccc1C2(C)c1ccc(C2CCCCC2)cc1. The quantitative estimate of drug-likeness (QED) is 0.362. The molecule has 1 fully saturated rings. The topological polar surface area (TPSA) is 27.7 Å². The molecule has 35 heavy (non-hydrogen) atoms. The van der Waals surface area contributed by atoms with Crippen LogP contribution in [0.2, 0.25) is 0 Å². The van der Waals surface area contributed by atoms with E-state index in [0.717, 1.165) is 22.6 Å². The van der Waals surface area contributed by atoms with E-state index < -0.39 is 5.41 Å². The van der Waals surface area contributed by atoms with Gasteiger partial charge in [-0.2, -0.15) is 0 Å². The first-order valence-electron chi connectivity index (χ1n) is 12.3.